The molecule has 0 aliphatic rings. The highest BCUT2D eigenvalue weighted by atomic mass is 35.5. The number of ketones is 1. The Labute approximate surface area is 276 Å². The Bertz CT molecular complexity index is 1170. The average molecular weight is 686 g/mol. The van der Waals surface area contributed by atoms with E-state index in [0.717, 1.165) is 30.0 Å². The zero-order chi connectivity index (χ0) is 36.1. The molecule has 260 valence electrons. The van der Waals surface area contributed by atoms with Crippen LogP contribution in [0.5, 0.6) is 0 Å². The highest BCUT2D eigenvalue weighted by Gasteiger charge is 2.40. The lowest BCUT2D eigenvalue weighted by molar-refractivity contribution is -0.139. The molecule has 1 N–H and O–H groups in total. The van der Waals surface area contributed by atoms with Gasteiger partial charge < -0.3 is 5.32 Å². The van der Waals surface area contributed by atoms with Crippen LogP contribution >= 0.6 is 22.1 Å². The summed E-state index contributed by atoms with van der Waals surface area (Å²) in [4.78, 5) is 12.7. The molecule has 0 heterocycles. The second kappa shape index (κ2) is 24.1. The third kappa shape index (κ3) is 16.3. The van der Waals surface area contributed by atoms with E-state index in [4.69, 9.17) is 11.6 Å². The summed E-state index contributed by atoms with van der Waals surface area (Å²) in [6.45, 7) is 20.5. The van der Waals surface area contributed by atoms with Crippen LogP contribution in [0.1, 0.15) is 113 Å². The third-order valence-corrected chi connectivity index (χ3v) is 7.93. The molecular formula is C35H54ClF6NOS. The van der Waals surface area contributed by atoms with Gasteiger partial charge in [-0.15, -0.1) is 0 Å². The summed E-state index contributed by atoms with van der Waals surface area (Å²) < 4.78 is 85.6. The summed E-state index contributed by atoms with van der Waals surface area (Å²) in [6.07, 6.45) is -4.56. The first-order valence-electron chi connectivity index (χ1n) is 15.4. The molecule has 0 radical (unpaired) electrons. The molecule has 0 aliphatic heterocycles. The molecule has 0 bridgehead atoms. The van der Waals surface area contributed by atoms with Crippen LogP contribution in [0, 0.1) is 13.8 Å². The van der Waals surface area contributed by atoms with Gasteiger partial charge in [-0.05, 0) is 61.5 Å². The number of rotatable bonds is 11. The van der Waals surface area contributed by atoms with Crippen LogP contribution < -0.4 is 5.32 Å². The quantitative estimate of drug-likeness (QED) is 0.145. The fraction of sp³-hybridized carbons (Fsp3) is 0.543. The van der Waals surface area contributed by atoms with Crippen LogP contribution in [0.4, 0.5) is 26.3 Å². The van der Waals surface area contributed by atoms with E-state index < -0.39 is 40.8 Å². The number of halogens is 7. The zero-order valence-corrected chi connectivity index (χ0v) is 30.6. The van der Waals surface area contributed by atoms with Crippen molar-refractivity contribution < 1.29 is 31.1 Å². The van der Waals surface area contributed by atoms with E-state index in [1.807, 2.05) is 55.4 Å². The van der Waals surface area contributed by atoms with Gasteiger partial charge in [-0.25, -0.2) is 13.2 Å². The van der Waals surface area contributed by atoms with Crippen molar-refractivity contribution in [3.8, 4) is 0 Å². The van der Waals surface area contributed by atoms with Gasteiger partial charge in [-0.3, -0.25) is 4.79 Å². The van der Waals surface area contributed by atoms with Gasteiger partial charge in [0.1, 0.15) is 11.7 Å². The Kier molecular flexibility index (Phi) is 25.4. The number of hydrogen-bond acceptors (Lipinski definition) is 2. The molecule has 0 aromatic heterocycles. The van der Waals surface area contributed by atoms with Crippen LogP contribution in [0.3, 0.4) is 0 Å². The number of hydrogen-bond donors (Lipinski definition) is 1. The number of alkyl halides is 5. The van der Waals surface area contributed by atoms with Crippen molar-refractivity contribution in [1.29, 1.82) is 0 Å². The molecule has 45 heavy (non-hydrogen) atoms. The molecule has 0 saturated heterocycles. The summed E-state index contributed by atoms with van der Waals surface area (Å²) in [6, 6.07) is 5.21. The summed E-state index contributed by atoms with van der Waals surface area (Å²) >= 11 is 6.05. The number of aryl methyl sites for hydroxylation is 1. The van der Waals surface area contributed by atoms with Gasteiger partial charge in [0.2, 0.25) is 0 Å². The maximum atomic E-state index is 15.1. The third-order valence-electron chi connectivity index (χ3n) is 5.98. The van der Waals surface area contributed by atoms with Crippen LogP contribution in [0.15, 0.2) is 36.4 Å². The number of allylic oxidation sites excluding steroid dienone is 1. The van der Waals surface area contributed by atoms with Crippen LogP contribution in [0.25, 0.3) is 5.83 Å². The molecule has 0 spiro atoms. The molecule has 2 rings (SSSR count). The minimum Gasteiger partial charge on any atom is -0.319 e. The minimum atomic E-state index is -4.87. The fourth-order valence-corrected chi connectivity index (χ4v) is 5.11. The molecule has 2 atom stereocenters. The number of Topliss-reactive ketones (excluding diaryl/α,β-unsaturated/α-hetero) is 1. The van der Waals surface area contributed by atoms with E-state index in [2.05, 4.69) is 11.2 Å². The first-order chi connectivity index (χ1) is 21.1. The number of nitrogens with one attached hydrogen (secondary N) is 1. The van der Waals surface area contributed by atoms with Crippen molar-refractivity contribution in [3.05, 3.63) is 74.8 Å². The topological polar surface area (TPSA) is 29.1 Å². The summed E-state index contributed by atoms with van der Waals surface area (Å²) in [5.74, 6) is -2.69. The van der Waals surface area contributed by atoms with Crippen molar-refractivity contribution in [2.75, 3.05) is 25.1 Å². The van der Waals surface area contributed by atoms with E-state index in [9.17, 15) is 26.7 Å². The Morgan fingerprint density at radius 2 is 1.49 bits per heavy atom. The lowest BCUT2D eigenvalue weighted by Crippen LogP contribution is -2.19. The van der Waals surface area contributed by atoms with Crippen LogP contribution in [-0.2, 0) is 5.92 Å². The van der Waals surface area contributed by atoms with Crippen LogP contribution in [-0.4, -0.2) is 42.9 Å². The Morgan fingerprint density at radius 3 is 1.93 bits per heavy atom. The summed E-state index contributed by atoms with van der Waals surface area (Å²) in [7, 11) is 1.43. The van der Waals surface area contributed by atoms with E-state index in [0.29, 0.717) is 36.4 Å². The minimum absolute atomic E-state index is 0.0270. The SMILES string of the molecule is C=S(CCNC)CCC(=O)c1ccc(/C(F)=C/C(c2cc(C)c(C)c(Cl)c2)C(F)(F)F)cc1C(C)(F)F.CC.CC.CC.CC. The largest absolute Gasteiger partial charge is 0.399 e. The Balaban J connectivity index is -0.00000203. The van der Waals surface area contributed by atoms with Crippen molar-refractivity contribution in [2.24, 2.45) is 0 Å². The van der Waals surface area contributed by atoms with Crippen molar-refractivity contribution in [3.63, 3.8) is 0 Å². The second-order valence-corrected chi connectivity index (χ2v) is 11.4. The lowest BCUT2D eigenvalue weighted by atomic mass is 9.92. The Hall–Kier alpha value is -2.10. The van der Waals surface area contributed by atoms with E-state index in [-0.39, 0.29) is 33.1 Å². The van der Waals surface area contributed by atoms with Gasteiger partial charge in [0.15, 0.2) is 5.78 Å². The average Bonchev–Trinajstić information content (AvgIpc) is 3.02. The molecule has 2 unspecified atom stereocenters. The summed E-state index contributed by atoms with van der Waals surface area (Å²) in [5.41, 5.74) is -0.692. The van der Waals surface area contributed by atoms with Crippen LogP contribution in [0.2, 0.25) is 5.02 Å². The molecule has 0 aliphatic carbocycles. The predicted octanol–water partition coefficient (Wildman–Crippen LogP) is 12.3. The molecule has 10 heteroatoms. The lowest BCUT2D eigenvalue weighted by Gasteiger charge is -2.20. The van der Waals surface area contributed by atoms with Crippen molar-refractivity contribution in [2.45, 2.75) is 101 Å². The smallest absolute Gasteiger partial charge is 0.319 e. The van der Waals surface area contributed by atoms with E-state index >= 15 is 4.39 Å². The first-order valence-corrected chi connectivity index (χ1v) is 17.6. The van der Waals surface area contributed by atoms with Crippen molar-refractivity contribution in [1.82, 2.24) is 5.32 Å². The molecule has 2 aromatic carbocycles. The normalized spacial score (nSPS) is 12.5. The molecule has 0 fully saturated rings. The molecule has 0 saturated carbocycles. The highest BCUT2D eigenvalue weighted by Crippen LogP contribution is 2.41. The molecule has 0 amide bonds. The first kappa shape index (κ1) is 47.3. The maximum Gasteiger partial charge on any atom is 0.399 e. The number of carbonyl (C=O) groups excluding carboxylic acids is 1. The molecule has 2 nitrogen and oxygen atoms in total. The standard InChI is InChI=1S/C27H30ClF6NOS.4C2H6/c1-16-12-19(14-23(28)17(16)2)21(27(32,33)34)15-24(29)18-6-7-20(22(13-18)26(3,30)31)25(36)8-10-37(5)11-9-35-4;4*1-2/h6-7,12-15,21,35H,5,8-11H2,1-4H3;4*1-2H3/b24-15-;;;;. The van der Waals surface area contributed by atoms with Gasteiger partial charge in [0.25, 0.3) is 5.92 Å². The van der Waals surface area contributed by atoms with Gasteiger partial charge in [-0.2, -0.15) is 23.7 Å². The van der Waals surface area contributed by atoms with E-state index in [1.54, 1.807) is 20.9 Å². The van der Waals surface area contributed by atoms with Gasteiger partial charge in [0, 0.05) is 47.4 Å². The van der Waals surface area contributed by atoms with Crippen molar-refractivity contribution >= 4 is 39.6 Å². The highest BCUT2D eigenvalue weighted by molar-refractivity contribution is 8.14. The number of benzene rings is 2. The number of carbonyl (C=O) groups is 1. The zero-order valence-electron chi connectivity index (χ0n) is 29.0. The predicted molar refractivity (Wildman–Crippen MR) is 188 cm³/mol. The van der Waals surface area contributed by atoms with E-state index in [1.165, 1.54) is 6.07 Å². The fourth-order valence-electron chi connectivity index (χ4n) is 3.66. The van der Waals surface area contributed by atoms with Gasteiger partial charge in [-0.1, -0.05) is 91.1 Å². The second-order valence-electron chi connectivity index (χ2n) is 8.92. The Morgan fingerprint density at radius 1 is 0.956 bits per heavy atom. The maximum absolute atomic E-state index is 15.1. The molecule has 2 aromatic rings. The molecular weight excluding hydrogens is 632 g/mol. The van der Waals surface area contributed by atoms with Gasteiger partial charge >= 0.3 is 6.18 Å². The monoisotopic (exact) mass is 685 g/mol. The summed E-state index contributed by atoms with van der Waals surface area (Å²) in [5, 5.41) is 3.07. The van der Waals surface area contributed by atoms with Gasteiger partial charge in [0.05, 0.1) is 0 Å².